The minimum absolute atomic E-state index is 0.0175. The summed E-state index contributed by atoms with van der Waals surface area (Å²) in [6, 6.07) is 4.61. The van der Waals surface area contributed by atoms with Gasteiger partial charge in [0.1, 0.15) is 0 Å². The van der Waals surface area contributed by atoms with Gasteiger partial charge in [-0.25, -0.2) is 27.0 Å². The van der Waals surface area contributed by atoms with E-state index in [-0.39, 0.29) is 28.4 Å². The van der Waals surface area contributed by atoms with Crippen LogP contribution in [0.2, 0.25) is 0 Å². The van der Waals surface area contributed by atoms with Crippen molar-refractivity contribution in [1.82, 2.24) is 10.2 Å². The minimum atomic E-state index is -3.83. The Hall–Kier alpha value is -1.49. The summed E-state index contributed by atoms with van der Waals surface area (Å²) in [5.41, 5.74) is 2.36. The van der Waals surface area contributed by atoms with Gasteiger partial charge < -0.3 is 0 Å². The van der Waals surface area contributed by atoms with Gasteiger partial charge >= 0.3 is 0 Å². The first kappa shape index (κ1) is 16.9. The second-order valence-corrected chi connectivity index (χ2v) is 8.82. The average Bonchev–Trinajstić information content (AvgIpc) is 2.77. The largest absolute Gasteiger partial charge is 0.277 e. The number of sulfonamides is 1. The molecule has 0 saturated carbocycles. The summed E-state index contributed by atoms with van der Waals surface area (Å²) in [5.74, 6) is -0.710. The number of sulfone groups is 1. The van der Waals surface area contributed by atoms with Crippen LogP contribution in [-0.2, 0) is 24.7 Å². The highest BCUT2D eigenvalue weighted by molar-refractivity contribution is 7.92. The Balaban J connectivity index is 2.11. The van der Waals surface area contributed by atoms with Crippen LogP contribution < -0.4 is 10.2 Å². The van der Waals surface area contributed by atoms with E-state index >= 15 is 0 Å². The van der Waals surface area contributed by atoms with Crippen LogP contribution in [-0.4, -0.2) is 47.4 Å². The number of carbonyl (C=O) groups excluding carboxylic acids is 1. The van der Waals surface area contributed by atoms with E-state index in [2.05, 4.69) is 15.0 Å². The molecule has 1 fully saturated rings. The molecule has 8 nitrogen and oxygen atoms in total. The minimum Gasteiger partial charge on any atom is -0.277 e. The van der Waals surface area contributed by atoms with Crippen LogP contribution in [0.5, 0.6) is 0 Å². The zero-order chi connectivity index (χ0) is 16.4. The topological polar surface area (TPSA) is 119 Å². The maximum atomic E-state index is 12.2. The van der Waals surface area contributed by atoms with Crippen LogP contribution in [0.15, 0.2) is 29.2 Å². The molecule has 0 spiro atoms. The number of carbonyl (C=O) groups is 1. The standard InChI is InChI=1S/C12H16N2O6S2/c1-20-13-12(15)9-2-4-11(5-3-9)22(18,19)14-10-6-7-21(16,17)8-10/h2-5,10,14H,6-8H2,1H3,(H,13,15)/t10-/m1/s1. The molecule has 1 heterocycles. The lowest BCUT2D eigenvalue weighted by Gasteiger charge is -2.12. The van der Waals surface area contributed by atoms with Gasteiger partial charge in [-0.15, -0.1) is 0 Å². The quantitative estimate of drug-likeness (QED) is 0.689. The Labute approximate surface area is 128 Å². The van der Waals surface area contributed by atoms with E-state index in [0.717, 1.165) is 0 Å². The molecule has 2 N–H and O–H groups in total. The Kier molecular flexibility index (Phi) is 4.85. The molecule has 122 valence electrons. The molecule has 1 saturated heterocycles. The predicted octanol–water partition coefficient (Wildman–Crippen LogP) is -0.557. The van der Waals surface area contributed by atoms with Crippen molar-refractivity contribution in [1.29, 1.82) is 0 Å². The van der Waals surface area contributed by atoms with E-state index in [4.69, 9.17) is 0 Å². The molecule has 0 bridgehead atoms. The molecule has 1 aromatic carbocycles. The Morgan fingerprint density at radius 1 is 1.27 bits per heavy atom. The van der Waals surface area contributed by atoms with E-state index in [1.54, 1.807) is 0 Å². The van der Waals surface area contributed by atoms with Gasteiger partial charge in [0.05, 0.1) is 23.5 Å². The Bertz CT molecular complexity index is 755. The lowest BCUT2D eigenvalue weighted by atomic mass is 10.2. The van der Waals surface area contributed by atoms with Gasteiger partial charge in [0.25, 0.3) is 5.91 Å². The second kappa shape index (κ2) is 6.32. The Morgan fingerprint density at radius 2 is 1.91 bits per heavy atom. The summed E-state index contributed by atoms with van der Waals surface area (Å²) in [4.78, 5) is 15.9. The summed E-state index contributed by atoms with van der Waals surface area (Å²) < 4.78 is 49.4. The molecule has 0 radical (unpaired) electrons. The fraction of sp³-hybridized carbons (Fsp3) is 0.417. The molecular formula is C12H16N2O6S2. The summed E-state index contributed by atoms with van der Waals surface area (Å²) in [6.45, 7) is 0. The van der Waals surface area contributed by atoms with E-state index < -0.39 is 31.8 Å². The summed E-state index contributed by atoms with van der Waals surface area (Å²) in [5, 5.41) is 0. The molecule has 1 amide bonds. The molecule has 10 heteroatoms. The van der Waals surface area contributed by atoms with Crippen molar-refractivity contribution < 1.29 is 26.5 Å². The zero-order valence-electron chi connectivity index (χ0n) is 11.8. The second-order valence-electron chi connectivity index (χ2n) is 4.88. The maximum Gasteiger partial charge on any atom is 0.274 e. The smallest absolute Gasteiger partial charge is 0.274 e. The molecule has 1 aromatic rings. The van der Waals surface area contributed by atoms with Crippen molar-refractivity contribution in [3.05, 3.63) is 29.8 Å². The number of amides is 1. The lowest BCUT2D eigenvalue weighted by molar-refractivity contribution is 0.0537. The summed E-state index contributed by atoms with van der Waals surface area (Å²) in [7, 11) is -5.71. The fourth-order valence-electron chi connectivity index (χ4n) is 2.11. The maximum absolute atomic E-state index is 12.2. The monoisotopic (exact) mass is 348 g/mol. The predicted molar refractivity (Wildman–Crippen MR) is 78.3 cm³/mol. The van der Waals surface area contributed by atoms with Gasteiger partial charge in [-0.2, -0.15) is 0 Å². The molecule has 22 heavy (non-hydrogen) atoms. The van der Waals surface area contributed by atoms with Crippen LogP contribution in [0.1, 0.15) is 16.8 Å². The van der Waals surface area contributed by atoms with Crippen molar-refractivity contribution in [2.75, 3.05) is 18.6 Å². The van der Waals surface area contributed by atoms with Crippen LogP contribution in [0, 0.1) is 0 Å². The normalized spacial score (nSPS) is 20.7. The zero-order valence-corrected chi connectivity index (χ0v) is 13.4. The summed E-state index contributed by atoms with van der Waals surface area (Å²) in [6.07, 6.45) is 0.260. The van der Waals surface area contributed by atoms with Crippen LogP contribution in [0.25, 0.3) is 0 Å². The van der Waals surface area contributed by atoms with E-state index in [0.29, 0.717) is 0 Å². The first-order valence-corrected chi connectivity index (χ1v) is 9.70. The number of hydrogen-bond donors (Lipinski definition) is 2. The SMILES string of the molecule is CONC(=O)c1ccc(S(=O)(=O)N[C@@H]2CCS(=O)(=O)C2)cc1. The van der Waals surface area contributed by atoms with Gasteiger partial charge in [-0.05, 0) is 30.7 Å². The van der Waals surface area contributed by atoms with Gasteiger partial charge in [-0.3, -0.25) is 9.63 Å². The number of nitrogens with one attached hydrogen (secondary N) is 2. The highest BCUT2D eigenvalue weighted by Crippen LogP contribution is 2.16. The van der Waals surface area contributed by atoms with Gasteiger partial charge in [0, 0.05) is 11.6 Å². The molecule has 0 unspecified atom stereocenters. The first-order valence-electron chi connectivity index (χ1n) is 6.40. The number of rotatable bonds is 5. The van der Waals surface area contributed by atoms with Crippen molar-refractivity contribution >= 4 is 25.8 Å². The van der Waals surface area contributed by atoms with Gasteiger partial charge in [0.15, 0.2) is 9.84 Å². The average molecular weight is 348 g/mol. The third-order valence-corrected chi connectivity index (χ3v) is 6.48. The van der Waals surface area contributed by atoms with E-state index in [9.17, 15) is 21.6 Å². The number of hydroxylamine groups is 1. The van der Waals surface area contributed by atoms with E-state index in [1.807, 2.05) is 0 Å². The van der Waals surface area contributed by atoms with Crippen molar-refractivity contribution in [2.45, 2.75) is 17.4 Å². The number of benzene rings is 1. The van der Waals surface area contributed by atoms with E-state index in [1.165, 1.54) is 31.4 Å². The Morgan fingerprint density at radius 3 is 2.41 bits per heavy atom. The molecule has 1 aliphatic rings. The fourth-order valence-corrected chi connectivity index (χ4v) is 5.16. The third kappa shape index (κ3) is 4.03. The molecule has 2 rings (SSSR count). The van der Waals surface area contributed by atoms with Crippen molar-refractivity contribution in [3.63, 3.8) is 0 Å². The van der Waals surface area contributed by atoms with Gasteiger partial charge in [-0.1, -0.05) is 0 Å². The molecule has 1 atom stereocenters. The molecule has 1 aliphatic heterocycles. The highest BCUT2D eigenvalue weighted by Gasteiger charge is 2.31. The lowest BCUT2D eigenvalue weighted by Crippen LogP contribution is -2.35. The molecule has 0 aromatic heterocycles. The number of hydrogen-bond acceptors (Lipinski definition) is 6. The van der Waals surface area contributed by atoms with Crippen LogP contribution in [0.4, 0.5) is 0 Å². The van der Waals surface area contributed by atoms with Crippen molar-refractivity contribution in [2.24, 2.45) is 0 Å². The van der Waals surface area contributed by atoms with Crippen LogP contribution >= 0.6 is 0 Å². The first-order chi connectivity index (χ1) is 10.2. The van der Waals surface area contributed by atoms with Gasteiger partial charge in [0.2, 0.25) is 10.0 Å². The van der Waals surface area contributed by atoms with Crippen molar-refractivity contribution in [3.8, 4) is 0 Å². The van der Waals surface area contributed by atoms with Crippen LogP contribution in [0.3, 0.4) is 0 Å². The molecule has 0 aliphatic carbocycles. The summed E-state index contributed by atoms with van der Waals surface area (Å²) >= 11 is 0. The highest BCUT2D eigenvalue weighted by atomic mass is 32.2. The third-order valence-electron chi connectivity index (χ3n) is 3.18. The molecular weight excluding hydrogens is 332 g/mol.